The number of carbonyl (C=O) groups excluding carboxylic acids is 1. The highest BCUT2D eigenvalue weighted by Gasteiger charge is 2.59. The van der Waals surface area contributed by atoms with E-state index in [9.17, 15) is 4.79 Å². The van der Waals surface area contributed by atoms with E-state index >= 15 is 0 Å². The first-order valence-electron chi connectivity index (χ1n) is 18.1. The summed E-state index contributed by atoms with van der Waals surface area (Å²) in [5.41, 5.74) is 2.54. The summed E-state index contributed by atoms with van der Waals surface area (Å²) in [4.78, 5) is 12.7. The second-order valence-electron chi connectivity index (χ2n) is 15.9. The van der Waals surface area contributed by atoms with Crippen LogP contribution < -0.4 is 0 Å². The summed E-state index contributed by atoms with van der Waals surface area (Å²) < 4.78 is 6.07. The molecular weight excluding hydrogens is 488 g/mol. The summed E-state index contributed by atoms with van der Waals surface area (Å²) in [5.74, 6) is 5.34. The molecule has 0 saturated heterocycles. The number of unbranched alkanes of at least 4 members (excludes halogenated alkanes) is 7. The van der Waals surface area contributed by atoms with Gasteiger partial charge in [-0.25, -0.2) is 0 Å². The zero-order valence-electron chi connectivity index (χ0n) is 27.6. The Labute approximate surface area is 249 Å². The molecule has 4 aliphatic rings. The van der Waals surface area contributed by atoms with E-state index in [1.54, 1.807) is 5.57 Å². The Morgan fingerprint density at radius 3 is 2.33 bits per heavy atom. The second-order valence-corrected chi connectivity index (χ2v) is 15.9. The fourth-order valence-corrected chi connectivity index (χ4v) is 10.4. The fraction of sp³-hybridized carbons (Fsp3) is 0.921. The quantitative estimate of drug-likeness (QED) is 0.114. The van der Waals surface area contributed by atoms with Gasteiger partial charge in [-0.05, 0) is 97.7 Å². The predicted octanol–water partition coefficient (Wildman–Crippen LogP) is 11.5. The molecule has 4 rings (SSSR count). The van der Waals surface area contributed by atoms with Crippen LogP contribution in [0.2, 0.25) is 0 Å². The lowest BCUT2D eigenvalue weighted by Crippen LogP contribution is -2.51. The Morgan fingerprint density at radius 1 is 0.875 bits per heavy atom. The third-order valence-electron chi connectivity index (χ3n) is 12.8. The normalized spacial score (nSPS) is 36.0. The van der Waals surface area contributed by atoms with Crippen LogP contribution in [0.15, 0.2) is 11.6 Å². The second kappa shape index (κ2) is 14.6. The van der Waals surface area contributed by atoms with Gasteiger partial charge in [0.05, 0.1) is 0 Å². The molecule has 0 aromatic heterocycles. The molecule has 2 nitrogen and oxygen atoms in total. The maximum absolute atomic E-state index is 12.7. The van der Waals surface area contributed by atoms with Gasteiger partial charge in [-0.15, -0.1) is 0 Å². The van der Waals surface area contributed by atoms with Crippen molar-refractivity contribution in [1.29, 1.82) is 0 Å². The molecule has 0 radical (unpaired) electrons. The van der Waals surface area contributed by atoms with Crippen LogP contribution >= 0.6 is 0 Å². The Kier molecular flexibility index (Phi) is 11.7. The number of rotatable bonds is 15. The predicted molar refractivity (Wildman–Crippen MR) is 170 cm³/mol. The van der Waals surface area contributed by atoms with Crippen molar-refractivity contribution in [2.45, 2.75) is 176 Å². The van der Waals surface area contributed by atoms with Crippen molar-refractivity contribution in [3.05, 3.63) is 11.6 Å². The minimum absolute atomic E-state index is 0.0572. The van der Waals surface area contributed by atoms with Gasteiger partial charge in [0.2, 0.25) is 0 Å². The molecule has 8 atom stereocenters. The van der Waals surface area contributed by atoms with Gasteiger partial charge in [0.25, 0.3) is 0 Å². The number of hydrogen-bond donors (Lipinski definition) is 0. The summed E-state index contributed by atoms with van der Waals surface area (Å²) in [6.45, 7) is 14.9. The SMILES string of the molecule is CCCCCCCCCCC(=O)O[C@H]1CC[C@@]2(C)C(=CC[C@H]3[C@H]4CC[C@@H]([C@@H](C)CCCC(C)C)[C@@]4(C)CC[C@@H]32)C1. The summed E-state index contributed by atoms with van der Waals surface area (Å²) in [6.07, 6.45) is 28.1. The molecule has 4 aliphatic carbocycles. The first-order valence-corrected chi connectivity index (χ1v) is 18.1. The molecular formula is C38H66O2. The number of allylic oxidation sites excluding steroid dienone is 1. The molecule has 0 aromatic rings. The lowest BCUT2D eigenvalue weighted by molar-refractivity contribution is -0.151. The van der Waals surface area contributed by atoms with Crippen LogP contribution in [0.3, 0.4) is 0 Å². The van der Waals surface area contributed by atoms with Crippen LogP contribution in [-0.4, -0.2) is 12.1 Å². The monoisotopic (exact) mass is 555 g/mol. The van der Waals surface area contributed by atoms with Crippen molar-refractivity contribution in [3.8, 4) is 0 Å². The van der Waals surface area contributed by atoms with E-state index < -0.39 is 0 Å². The lowest BCUT2D eigenvalue weighted by atomic mass is 9.47. The molecule has 0 aliphatic heterocycles. The van der Waals surface area contributed by atoms with E-state index in [-0.39, 0.29) is 12.1 Å². The highest BCUT2D eigenvalue weighted by Crippen LogP contribution is 2.67. The largest absolute Gasteiger partial charge is 0.462 e. The Balaban J connectivity index is 1.26. The Morgan fingerprint density at radius 2 is 1.60 bits per heavy atom. The Hall–Kier alpha value is -0.790. The average molecular weight is 555 g/mol. The number of esters is 1. The van der Waals surface area contributed by atoms with Crippen LogP contribution in [0.1, 0.15) is 170 Å². The third-order valence-corrected chi connectivity index (χ3v) is 12.8. The summed E-state index contributed by atoms with van der Waals surface area (Å²) in [6, 6.07) is 0. The van der Waals surface area contributed by atoms with Crippen LogP contribution in [0.25, 0.3) is 0 Å². The van der Waals surface area contributed by atoms with Gasteiger partial charge in [-0.1, -0.05) is 117 Å². The van der Waals surface area contributed by atoms with Crippen molar-refractivity contribution in [1.82, 2.24) is 0 Å². The van der Waals surface area contributed by atoms with Gasteiger partial charge in [0.15, 0.2) is 0 Å². The van der Waals surface area contributed by atoms with Gasteiger partial charge < -0.3 is 4.74 Å². The highest BCUT2D eigenvalue weighted by molar-refractivity contribution is 5.69. The molecule has 3 saturated carbocycles. The topological polar surface area (TPSA) is 26.3 Å². The van der Waals surface area contributed by atoms with Crippen LogP contribution in [-0.2, 0) is 9.53 Å². The minimum atomic E-state index is 0.0572. The molecule has 0 bridgehead atoms. The van der Waals surface area contributed by atoms with Crippen molar-refractivity contribution >= 4 is 5.97 Å². The van der Waals surface area contributed by atoms with E-state index in [4.69, 9.17) is 4.74 Å². The first-order chi connectivity index (χ1) is 19.2. The van der Waals surface area contributed by atoms with Crippen molar-refractivity contribution in [2.24, 2.45) is 46.3 Å². The average Bonchev–Trinajstić information content (AvgIpc) is 3.27. The zero-order chi connectivity index (χ0) is 28.8. The molecule has 0 unspecified atom stereocenters. The first kappa shape index (κ1) is 32.1. The molecule has 2 heteroatoms. The van der Waals surface area contributed by atoms with Gasteiger partial charge in [-0.2, -0.15) is 0 Å². The van der Waals surface area contributed by atoms with Gasteiger partial charge in [0, 0.05) is 12.8 Å². The van der Waals surface area contributed by atoms with Gasteiger partial charge in [0.1, 0.15) is 6.10 Å². The third kappa shape index (κ3) is 7.40. The van der Waals surface area contributed by atoms with E-state index in [2.05, 4.69) is 47.6 Å². The lowest BCUT2D eigenvalue weighted by Gasteiger charge is -2.58. The van der Waals surface area contributed by atoms with Crippen molar-refractivity contribution < 1.29 is 9.53 Å². The van der Waals surface area contributed by atoms with Gasteiger partial charge in [-0.3, -0.25) is 4.79 Å². The smallest absolute Gasteiger partial charge is 0.306 e. The van der Waals surface area contributed by atoms with Gasteiger partial charge >= 0.3 is 5.97 Å². The maximum atomic E-state index is 12.7. The minimum Gasteiger partial charge on any atom is -0.462 e. The van der Waals surface area contributed by atoms with E-state index in [1.165, 1.54) is 103 Å². The number of ether oxygens (including phenoxy) is 1. The molecule has 40 heavy (non-hydrogen) atoms. The molecule has 0 N–H and O–H groups in total. The Bertz CT molecular complexity index is 827. The number of hydrogen-bond acceptors (Lipinski definition) is 2. The summed E-state index contributed by atoms with van der Waals surface area (Å²) in [7, 11) is 0. The van der Waals surface area contributed by atoms with E-state index in [0.717, 1.165) is 54.8 Å². The van der Waals surface area contributed by atoms with Crippen LogP contribution in [0.4, 0.5) is 0 Å². The highest BCUT2D eigenvalue weighted by atomic mass is 16.5. The standard InChI is InChI=1S/C38H66O2/c1-7-8-9-10-11-12-13-14-18-36(39)40-31-23-25-37(5)30(27-31)19-20-32-34-22-21-33(29(4)17-15-16-28(2)3)38(34,6)26-24-35(32)37/h19,28-29,31-35H,7-18,20-27H2,1-6H3/t29-,31-,32-,33-,34+,35-,37-,38+/m0/s1. The zero-order valence-corrected chi connectivity index (χ0v) is 27.6. The molecule has 3 fully saturated rings. The molecule has 230 valence electrons. The van der Waals surface area contributed by atoms with E-state index in [1.807, 2.05) is 0 Å². The maximum Gasteiger partial charge on any atom is 0.306 e. The molecule has 0 spiro atoms. The van der Waals surface area contributed by atoms with Crippen LogP contribution in [0.5, 0.6) is 0 Å². The molecule has 0 heterocycles. The molecule has 0 amide bonds. The fourth-order valence-electron chi connectivity index (χ4n) is 10.4. The van der Waals surface area contributed by atoms with Crippen molar-refractivity contribution in [3.63, 3.8) is 0 Å². The number of carbonyl (C=O) groups is 1. The van der Waals surface area contributed by atoms with Crippen LogP contribution in [0, 0.1) is 46.3 Å². The summed E-state index contributed by atoms with van der Waals surface area (Å²) in [5, 5.41) is 0. The number of fused-ring (bicyclic) bond motifs is 5. The van der Waals surface area contributed by atoms with Crippen molar-refractivity contribution in [2.75, 3.05) is 0 Å². The molecule has 0 aromatic carbocycles. The van der Waals surface area contributed by atoms with E-state index in [0.29, 0.717) is 17.3 Å². The summed E-state index contributed by atoms with van der Waals surface area (Å²) >= 11 is 0.